The maximum Gasteiger partial charge on any atom is 0.446 e. The van der Waals surface area contributed by atoms with Gasteiger partial charge in [-0.1, -0.05) is 0 Å². The fraction of sp³-hybridized carbons (Fsp3) is 0.143. The van der Waals surface area contributed by atoms with Crippen molar-refractivity contribution in [3.63, 3.8) is 0 Å². The van der Waals surface area contributed by atoms with Gasteiger partial charge >= 0.3 is 5.51 Å². The van der Waals surface area contributed by atoms with Gasteiger partial charge in [0.15, 0.2) is 0 Å². The van der Waals surface area contributed by atoms with Crippen LogP contribution in [0.3, 0.4) is 0 Å². The molecule has 0 aliphatic carbocycles. The summed E-state index contributed by atoms with van der Waals surface area (Å²) >= 11 is 3.09. The number of alkyl halides is 3. The Balaban J connectivity index is 3.02. The summed E-state index contributed by atoms with van der Waals surface area (Å²) in [6.07, 6.45) is 0. The highest BCUT2D eigenvalue weighted by Gasteiger charge is 2.29. The minimum atomic E-state index is -4.33. The van der Waals surface area contributed by atoms with Crippen molar-refractivity contribution in [3.05, 3.63) is 25.1 Å². The summed E-state index contributed by atoms with van der Waals surface area (Å²) in [4.78, 5) is 0.00713. The van der Waals surface area contributed by atoms with Crippen molar-refractivity contribution in [1.82, 2.24) is 0 Å². The molecule has 0 unspecified atom stereocenters. The number of hydrogen-bond acceptors (Lipinski definition) is 1. The zero-order valence-corrected chi connectivity index (χ0v) is 11.5. The fourth-order valence-corrected chi connectivity index (χ4v) is 3.54. The van der Waals surface area contributed by atoms with E-state index in [1.807, 2.05) is 0 Å². The predicted octanol–water partition coefficient (Wildman–Crippen LogP) is 4.65. The molecule has 14 heavy (non-hydrogen) atoms. The molecule has 0 spiro atoms. The molecule has 0 bridgehead atoms. The summed E-state index contributed by atoms with van der Waals surface area (Å²) in [6, 6.07) is 2.35. The lowest BCUT2D eigenvalue weighted by molar-refractivity contribution is -0.0328. The molecule has 0 amide bonds. The molecule has 1 aromatic carbocycles. The third kappa shape index (κ3) is 3.72. The quantitative estimate of drug-likeness (QED) is 0.261. The molecular formula is C7H2F4I2S. The summed E-state index contributed by atoms with van der Waals surface area (Å²) < 4.78 is 49.3. The third-order valence-electron chi connectivity index (χ3n) is 1.19. The molecule has 78 valence electrons. The molecule has 0 radical (unpaired) electrons. The molecule has 0 aliphatic heterocycles. The number of thioether (sulfide) groups is 1. The van der Waals surface area contributed by atoms with Crippen LogP contribution >= 0.6 is 56.9 Å². The van der Waals surface area contributed by atoms with Gasteiger partial charge < -0.3 is 0 Å². The molecule has 1 rings (SSSR count). The Morgan fingerprint density at radius 1 is 1.07 bits per heavy atom. The first-order valence-electron chi connectivity index (χ1n) is 3.20. The standard InChI is InChI=1S/C7H2F4I2S/c8-6-4(12)1-3(2-5(6)13)14-7(9,10)11/h1-2H. The average Bonchev–Trinajstić information content (AvgIpc) is 1.96. The molecule has 0 saturated heterocycles. The van der Waals surface area contributed by atoms with Crippen LogP contribution in [-0.2, 0) is 0 Å². The van der Waals surface area contributed by atoms with Gasteiger partial charge in [-0.15, -0.1) is 0 Å². The molecule has 0 fully saturated rings. The Labute approximate surface area is 109 Å². The third-order valence-corrected chi connectivity index (χ3v) is 3.46. The summed E-state index contributed by atoms with van der Waals surface area (Å²) in [7, 11) is 0. The predicted molar refractivity (Wildman–Crippen MR) is 63.7 cm³/mol. The van der Waals surface area contributed by atoms with E-state index in [4.69, 9.17) is 0 Å². The minimum absolute atomic E-state index is 0.00713. The lowest BCUT2D eigenvalue weighted by Gasteiger charge is -2.07. The van der Waals surface area contributed by atoms with Crippen LogP contribution in [0.5, 0.6) is 0 Å². The maximum atomic E-state index is 13.0. The second kappa shape index (κ2) is 4.73. The second-order valence-corrected chi connectivity index (χ2v) is 5.71. The van der Waals surface area contributed by atoms with Gasteiger partial charge in [0.25, 0.3) is 0 Å². The van der Waals surface area contributed by atoms with Crippen LogP contribution in [0.25, 0.3) is 0 Å². The summed E-state index contributed by atoms with van der Waals surface area (Å²) in [5.41, 5.74) is -4.33. The van der Waals surface area contributed by atoms with E-state index in [1.165, 1.54) is 12.1 Å². The summed E-state index contributed by atoms with van der Waals surface area (Å²) in [6.45, 7) is 0. The van der Waals surface area contributed by atoms with Crippen molar-refractivity contribution in [2.45, 2.75) is 10.4 Å². The van der Waals surface area contributed by atoms with Gasteiger partial charge in [-0.05, 0) is 69.1 Å². The highest BCUT2D eigenvalue weighted by atomic mass is 127. The zero-order chi connectivity index (χ0) is 10.9. The first-order chi connectivity index (χ1) is 6.29. The Bertz CT molecular complexity index is 327. The molecule has 0 nitrogen and oxygen atoms in total. The van der Waals surface area contributed by atoms with Gasteiger partial charge in [0.2, 0.25) is 0 Å². The van der Waals surface area contributed by atoms with Crippen LogP contribution in [0.15, 0.2) is 17.0 Å². The van der Waals surface area contributed by atoms with Gasteiger partial charge in [-0.2, -0.15) is 13.2 Å². The van der Waals surface area contributed by atoms with Crippen LogP contribution < -0.4 is 0 Å². The van der Waals surface area contributed by atoms with Crippen molar-refractivity contribution >= 4 is 56.9 Å². The van der Waals surface area contributed by atoms with Gasteiger partial charge in [-0.25, -0.2) is 4.39 Å². The fourth-order valence-electron chi connectivity index (χ4n) is 0.725. The van der Waals surface area contributed by atoms with Gasteiger partial charge in [-0.3, -0.25) is 0 Å². The molecule has 7 heteroatoms. The van der Waals surface area contributed by atoms with Crippen molar-refractivity contribution in [2.75, 3.05) is 0 Å². The minimum Gasteiger partial charge on any atom is -0.205 e. The Morgan fingerprint density at radius 3 is 1.86 bits per heavy atom. The van der Waals surface area contributed by atoms with Crippen LogP contribution in [0.2, 0.25) is 0 Å². The van der Waals surface area contributed by atoms with Gasteiger partial charge in [0, 0.05) is 4.90 Å². The van der Waals surface area contributed by atoms with Crippen LogP contribution in [0.4, 0.5) is 17.6 Å². The number of halogens is 6. The topological polar surface area (TPSA) is 0 Å². The summed E-state index contributed by atoms with van der Waals surface area (Å²) in [5, 5.41) is 0. The lowest BCUT2D eigenvalue weighted by Crippen LogP contribution is -2.00. The van der Waals surface area contributed by atoms with E-state index < -0.39 is 11.3 Å². The smallest absolute Gasteiger partial charge is 0.205 e. The van der Waals surface area contributed by atoms with Crippen LogP contribution in [0.1, 0.15) is 0 Å². The van der Waals surface area contributed by atoms with E-state index in [0.29, 0.717) is 0 Å². The SMILES string of the molecule is Fc1c(I)cc(SC(F)(F)F)cc1I. The number of rotatable bonds is 1. The largest absolute Gasteiger partial charge is 0.446 e. The molecule has 1 aromatic rings. The highest BCUT2D eigenvalue weighted by Crippen LogP contribution is 2.38. The van der Waals surface area contributed by atoms with Crippen molar-refractivity contribution in [3.8, 4) is 0 Å². The Hall–Kier alpha value is 0.750. The molecule has 0 N–H and O–H groups in total. The van der Waals surface area contributed by atoms with Crippen molar-refractivity contribution in [1.29, 1.82) is 0 Å². The maximum absolute atomic E-state index is 13.0. The molecule has 0 aliphatic rings. The van der Waals surface area contributed by atoms with E-state index >= 15 is 0 Å². The molecule has 0 aromatic heterocycles. The number of hydrogen-bond donors (Lipinski definition) is 0. The molecular weight excluding hydrogens is 446 g/mol. The molecule has 0 atom stereocenters. The van der Waals surface area contributed by atoms with Crippen molar-refractivity contribution in [2.24, 2.45) is 0 Å². The zero-order valence-electron chi connectivity index (χ0n) is 6.33. The monoisotopic (exact) mass is 448 g/mol. The van der Waals surface area contributed by atoms with Gasteiger partial charge in [0.1, 0.15) is 5.82 Å². The first kappa shape index (κ1) is 12.8. The average molecular weight is 448 g/mol. The second-order valence-electron chi connectivity index (χ2n) is 2.25. The van der Waals surface area contributed by atoms with Gasteiger partial charge in [0.05, 0.1) is 7.14 Å². The number of benzene rings is 1. The Kier molecular flexibility index (Phi) is 4.33. The molecule has 0 heterocycles. The lowest BCUT2D eigenvalue weighted by atomic mass is 10.3. The van der Waals surface area contributed by atoms with E-state index in [-0.39, 0.29) is 23.8 Å². The van der Waals surface area contributed by atoms with E-state index in [2.05, 4.69) is 0 Å². The highest BCUT2D eigenvalue weighted by molar-refractivity contribution is 14.1. The van der Waals surface area contributed by atoms with E-state index in [0.717, 1.165) is 0 Å². The van der Waals surface area contributed by atoms with E-state index in [9.17, 15) is 17.6 Å². The normalized spacial score (nSPS) is 11.9. The first-order valence-corrected chi connectivity index (χ1v) is 6.17. The van der Waals surface area contributed by atoms with Crippen molar-refractivity contribution < 1.29 is 17.6 Å². The van der Waals surface area contributed by atoms with Crippen LogP contribution in [0, 0.1) is 13.0 Å². The Morgan fingerprint density at radius 2 is 1.50 bits per heavy atom. The van der Waals surface area contributed by atoms with Crippen LogP contribution in [-0.4, -0.2) is 5.51 Å². The van der Waals surface area contributed by atoms with E-state index in [1.54, 1.807) is 45.2 Å². The summed E-state index contributed by atoms with van der Waals surface area (Å²) in [5.74, 6) is -0.474. The molecule has 0 saturated carbocycles.